The molecule has 1 N–H and O–H groups in total. The number of benzene rings is 1. The molecule has 0 atom stereocenters. The number of ether oxygens (including phenoxy) is 2. The number of nitrogens with zero attached hydrogens (tertiary/aromatic N) is 2. The largest absolute Gasteiger partial charge is 0.486 e. The summed E-state index contributed by atoms with van der Waals surface area (Å²) in [7, 11) is 1.82. The first-order chi connectivity index (χ1) is 9.35. The summed E-state index contributed by atoms with van der Waals surface area (Å²) in [6, 6.07) is 5.88. The average Bonchev–Trinajstić information content (AvgIpc) is 2.47. The van der Waals surface area contributed by atoms with E-state index in [0.29, 0.717) is 13.2 Å². The van der Waals surface area contributed by atoms with E-state index in [1.54, 1.807) is 24.2 Å². The fourth-order valence-electron chi connectivity index (χ4n) is 1.73. The fraction of sp³-hybridized carbons (Fsp3) is 0.231. The molecule has 0 radical (unpaired) electrons. The van der Waals surface area contributed by atoms with Gasteiger partial charge in [-0.15, -0.1) is 0 Å². The van der Waals surface area contributed by atoms with Crippen LogP contribution in [0.5, 0.6) is 11.5 Å². The fourth-order valence-corrected chi connectivity index (χ4v) is 2.53. The van der Waals surface area contributed by atoms with Gasteiger partial charge in [0.1, 0.15) is 24.1 Å². The zero-order chi connectivity index (χ0) is 13.1. The Bertz CT molecular complexity index is 592. The van der Waals surface area contributed by atoms with Crippen molar-refractivity contribution in [2.24, 2.45) is 0 Å². The van der Waals surface area contributed by atoms with Crippen LogP contribution in [-0.4, -0.2) is 30.2 Å². The van der Waals surface area contributed by atoms with Crippen LogP contribution in [0.15, 0.2) is 40.5 Å². The summed E-state index contributed by atoms with van der Waals surface area (Å²) >= 11 is 1.54. The lowest BCUT2D eigenvalue weighted by Gasteiger charge is -2.18. The van der Waals surface area contributed by atoms with Crippen molar-refractivity contribution >= 4 is 17.6 Å². The molecule has 1 aromatic carbocycles. The normalized spacial score (nSPS) is 13.1. The second-order valence-corrected chi connectivity index (χ2v) is 4.99. The average molecular weight is 275 g/mol. The Morgan fingerprint density at radius 2 is 2.00 bits per heavy atom. The lowest BCUT2D eigenvalue weighted by molar-refractivity contribution is 0.171. The molecule has 19 heavy (non-hydrogen) atoms. The molecule has 0 fully saturated rings. The number of nitrogens with one attached hydrogen (secondary N) is 1. The van der Waals surface area contributed by atoms with Crippen LogP contribution in [0.3, 0.4) is 0 Å². The molecular formula is C13H13N3O2S. The molecule has 1 aromatic heterocycles. The number of rotatable bonds is 3. The standard InChI is InChI=1S/C13H13N3O2S/c1-14-12-7-15-8-13(16-12)19-9-2-3-10-11(6-9)18-5-4-17-10/h2-3,6-8H,4-5H2,1H3,(H,14,16). The highest BCUT2D eigenvalue weighted by Crippen LogP contribution is 2.36. The van der Waals surface area contributed by atoms with Gasteiger partial charge < -0.3 is 14.8 Å². The molecule has 0 bridgehead atoms. The Morgan fingerprint density at radius 3 is 2.84 bits per heavy atom. The van der Waals surface area contributed by atoms with Crippen LogP contribution in [0.25, 0.3) is 0 Å². The van der Waals surface area contributed by atoms with E-state index in [0.717, 1.165) is 27.2 Å². The van der Waals surface area contributed by atoms with E-state index >= 15 is 0 Å². The van der Waals surface area contributed by atoms with E-state index < -0.39 is 0 Å². The van der Waals surface area contributed by atoms with Crippen molar-refractivity contribution in [2.75, 3.05) is 25.6 Å². The Labute approximate surface area is 115 Å². The van der Waals surface area contributed by atoms with E-state index in [1.807, 2.05) is 25.2 Å². The van der Waals surface area contributed by atoms with Gasteiger partial charge in [-0.2, -0.15) is 0 Å². The smallest absolute Gasteiger partial charge is 0.162 e. The summed E-state index contributed by atoms with van der Waals surface area (Å²) < 4.78 is 11.1. The number of hydrogen-bond acceptors (Lipinski definition) is 6. The van der Waals surface area contributed by atoms with Crippen LogP contribution in [-0.2, 0) is 0 Å². The van der Waals surface area contributed by atoms with Gasteiger partial charge in [0.15, 0.2) is 11.5 Å². The van der Waals surface area contributed by atoms with Gasteiger partial charge in [-0.05, 0) is 18.2 Å². The molecule has 2 heterocycles. The van der Waals surface area contributed by atoms with Gasteiger partial charge in [0, 0.05) is 11.9 Å². The van der Waals surface area contributed by atoms with Crippen molar-refractivity contribution in [1.82, 2.24) is 9.97 Å². The minimum atomic E-state index is 0.593. The molecule has 6 heteroatoms. The molecular weight excluding hydrogens is 262 g/mol. The van der Waals surface area contributed by atoms with Crippen molar-refractivity contribution < 1.29 is 9.47 Å². The molecule has 0 amide bonds. The molecule has 1 aliphatic rings. The minimum absolute atomic E-state index is 0.593. The van der Waals surface area contributed by atoms with E-state index in [2.05, 4.69) is 15.3 Å². The summed E-state index contributed by atoms with van der Waals surface area (Å²) in [5.41, 5.74) is 0. The lowest BCUT2D eigenvalue weighted by atomic mass is 10.3. The van der Waals surface area contributed by atoms with Crippen LogP contribution >= 0.6 is 11.8 Å². The summed E-state index contributed by atoms with van der Waals surface area (Å²) in [6.07, 6.45) is 3.43. The quantitative estimate of drug-likeness (QED) is 0.928. The Kier molecular flexibility index (Phi) is 3.41. The first-order valence-corrected chi connectivity index (χ1v) is 6.74. The third-order valence-electron chi connectivity index (χ3n) is 2.60. The SMILES string of the molecule is CNc1cncc(Sc2ccc3c(c2)OCCO3)n1. The predicted octanol–water partition coefficient (Wildman–Crippen LogP) is 2.44. The number of aromatic nitrogens is 2. The van der Waals surface area contributed by atoms with Crippen LogP contribution in [0.2, 0.25) is 0 Å². The molecule has 0 aliphatic carbocycles. The predicted molar refractivity (Wildman–Crippen MR) is 73.1 cm³/mol. The zero-order valence-electron chi connectivity index (χ0n) is 10.4. The maximum Gasteiger partial charge on any atom is 0.162 e. The molecule has 0 saturated heterocycles. The van der Waals surface area contributed by atoms with E-state index in [1.165, 1.54) is 0 Å². The van der Waals surface area contributed by atoms with Crippen LogP contribution < -0.4 is 14.8 Å². The van der Waals surface area contributed by atoms with Crippen LogP contribution in [0, 0.1) is 0 Å². The molecule has 1 aliphatic heterocycles. The molecule has 0 spiro atoms. The van der Waals surface area contributed by atoms with Gasteiger partial charge in [0.05, 0.1) is 12.4 Å². The summed E-state index contributed by atoms with van der Waals surface area (Å²) in [4.78, 5) is 9.60. The maximum atomic E-state index is 5.56. The molecule has 5 nitrogen and oxygen atoms in total. The first-order valence-electron chi connectivity index (χ1n) is 5.92. The zero-order valence-corrected chi connectivity index (χ0v) is 11.2. The molecule has 98 valence electrons. The van der Waals surface area contributed by atoms with Gasteiger partial charge in [-0.25, -0.2) is 4.98 Å². The van der Waals surface area contributed by atoms with E-state index in [9.17, 15) is 0 Å². The second kappa shape index (κ2) is 5.36. The Morgan fingerprint density at radius 1 is 1.16 bits per heavy atom. The highest BCUT2D eigenvalue weighted by atomic mass is 32.2. The monoisotopic (exact) mass is 275 g/mol. The Balaban J connectivity index is 1.82. The topological polar surface area (TPSA) is 56.3 Å². The van der Waals surface area contributed by atoms with E-state index in [4.69, 9.17) is 9.47 Å². The third-order valence-corrected chi connectivity index (χ3v) is 3.50. The molecule has 2 aromatic rings. The van der Waals surface area contributed by atoms with Crippen molar-refractivity contribution in [1.29, 1.82) is 0 Å². The van der Waals surface area contributed by atoms with Gasteiger partial charge >= 0.3 is 0 Å². The van der Waals surface area contributed by atoms with Gasteiger partial charge in [0.2, 0.25) is 0 Å². The lowest BCUT2D eigenvalue weighted by Crippen LogP contribution is -2.15. The first kappa shape index (κ1) is 12.1. The molecule has 0 unspecified atom stereocenters. The summed E-state index contributed by atoms with van der Waals surface area (Å²) in [6.45, 7) is 1.20. The van der Waals surface area contributed by atoms with Crippen molar-refractivity contribution in [2.45, 2.75) is 9.92 Å². The van der Waals surface area contributed by atoms with Crippen LogP contribution in [0.4, 0.5) is 5.82 Å². The highest BCUT2D eigenvalue weighted by molar-refractivity contribution is 7.99. The van der Waals surface area contributed by atoms with Crippen molar-refractivity contribution in [3.05, 3.63) is 30.6 Å². The van der Waals surface area contributed by atoms with Gasteiger partial charge in [-0.3, -0.25) is 4.98 Å². The Hall–Kier alpha value is -1.95. The minimum Gasteiger partial charge on any atom is -0.486 e. The highest BCUT2D eigenvalue weighted by Gasteiger charge is 2.12. The number of hydrogen-bond donors (Lipinski definition) is 1. The molecule has 0 saturated carbocycles. The van der Waals surface area contributed by atoms with E-state index in [-0.39, 0.29) is 0 Å². The van der Waals surface area contributed by atoms with Gasteiger partial charge in [-0.1, -0.05) is 11.8 Å². The second-order valence-electron chi connectivity index (χ2n) is 3.90. The number of anilines is 1. The summed E-state index contributed by atoms with van der Waals surface area (Å²) in [5, 5.41) is 3.81. The third kappa shape index (κ3) is 2.73. The maximum absolute atomic E-state index is 5.56. The van der Waals surface area contributed by atoms with Crippen LogP contribution in [0.1, 0.15) is 0 Å². The van der Waals surface area contributed by atoms with Crippen molar-refractivity contribution in [3.63, 3.8) is 0 Å². The molecule has 3 rings (SSSR count). The van der Waals surface area contributed by atoms with Gasteiger partial charge in [0.25, 0.3) is 0 Å². The number of fused-ring (bicyclic) bond motifs is 1. The summed E-state index contributed by atoms with van der Waals surface area (Å²) in [5.74, 6) is 2.34. The van der Waals surface area contributed by atoms with Crippen molar-refractivity contribution in [3.8, 4) is 11.5 Å².